The van der Waals surface area contributed by atoms with Gasteiger partial charge in [-0.05, 0) is 36.3 Å². The molecule has 5 nitrogen and oxygen atoms in total. The summed E-state index contributed by atoms with van der Waals surface area (Å²) >= 11 is 0. The molecule has 0 amide bonds. The van der Waals surface area contributed by atoms with Crippen LogP contribution in [-0.4, -0.2) is 37.0 Å². The van der Waals surface area contributed by atoms with E-state index in [0.717, 1.165) is 22.7 Å². The van der Waals surface area contributed by atoms with Gasteiger partial charge in [-0.15, -0.1) is 0 Å². The van der Waals surface area contributed by atoms with Crippen molar-refractivity contribution in [3.63, 3.8) is 0 Å². The maximum Gasteiger partial charge on any atom is 0.333 e. The number of aliphatic imine (C=N–C) groups is 1. The summed E-state index contributed by atoms with van der Waals surface area (Å²) < 4.78 is 10.1. The van der Waals surface area contributed by atoms with Gasteiger partial charge in [0.05, 0.1) is 20.3 Å². The summed E-state index contributed by atoms with van der Waals surface area (Å²) in [5.74, 6) is 1.23. The van der Waals surface area contributed by atoms with Crippen LogP contribution >= 0.6 is 0 Å². The Morgan fingerprint density at radius 3 is 2.55 bits per heavy atom. The van der Waals surface area contributed by atoms with Crippen molar-refractivity contribution in [2.24, 2.45) is 4.99 Å². The minimum Gasteiger partial charge on any atom is -0.497 e. The maximum absolute atomic E-state index is 12.1. The summed E-state index contributed by atoms with van der Waals surface area (Å²) in [6.45, 7) is 2.02. The molecule has 0 saturated heterocycles. The predicted octanol–water partition coefficient (Wildman–Crippen LogP) is 2.47. The highest BCUT2D eigenvalue weighted by Gasteiger charge is 2.41. The molecule has 0 aliphatic carbocycles. The van der Waals surface area contributed by atoms with Crippen LogP contribution in [0, 0.1) is 0 Å². The van der Waals surface area contributed by atoms with Crippen molar-refractivity contribution >= 4 is 11.8 Å². The van der Waals surface area contributed by atoms with E-state index in [-0.39, 0.29) is 12.0 Å². The Bertz CT molecular complexity index is 674. The highest BCUT2D eigenvalue weighted by molar-refractivity contribution is 6.00. The van der Waals surface area contributed by atoms with Crippen LogP contribution in [0.5, 0.6) is 5.75 Å². The molecule has 2 aliphatic rings. The van der Waals surface area contributed by atoms with E-state index >= 15 is 0 Å². The van der Waals surface area contributed by atoms with Crippen molar-refractivity contribution in [2.45, 2.75) is 19.0 Å². The number of fused-ring (bicyclic) bond motifs is 1. The average molecular weight is 298 g/mol. The normalized spacial score (nSPS) is 22.8. The van der Waals surface area contributed by atoms with Crippen molar-refractivity contribution in [2.75, 3.05) is 14.2 Å². The topological polar surface area (TPSA) is 51.1 Å². The number of carbonyl (C=O) groups excluding carboxylic acids is 1. The molecule has 114 valence electrons. The molecule has 1 aromatic carbocycles. The molecule has 0 aromatic heterocycles. The standard InChI is InChI=1S/C17H18N2O3/c1-11-4-9-14-18-15(17(20)22-3)16(19(14)10-11)12-5-7-13(21-2)8-6-12/h4-10,15-16H,1-3H3/t15-,16+/m1/s1. The Morgan fingerprint density at radius 2 is 1.91 bits per heavy atom. The third kappa shape index (κ3) is 2.39. The van der Waals surface area contributed by atoms with Crippen LogP contribution in [0.3, 0.4) is 0 Å². The smallest absolute Gasteiger partial charge is 0.333 e. The van der Waals surface area contributed by atoms with E-state index in [4.69, 9.17) is 9.47 Å². The molecule has 0 bridgehead atoms. The summed E-state index contributed by atoms with van der Waals surface area (Å²) in [5.41, 5.74) is 2.11. The van der Waals surface area contributed by atoms with E-state index < -0.39 is 6.04 Å². The Hall–Kier alpha value is -2.56. The molecular weight excluding hydrogens is 280 g/mol. The Morgan fingerprint density at radius 1 is 1.18 bits per heavy atom. The molecule has 0 N–H and O–H groups in total. The molecule has 0 saturated carbocycles. The second-order valence-corrected chi connectivity index (χ2v) is 5.29. The first-order chi connectivity index (χ1) is 10.6. The number of rotatable bonds is 3. The van der Waals surface area contributed by atoms with E-state index in [1.54, 1.807) is 7.11 Å². The molecule has 1 aromatic rings. The van der Waals surface area contributed by atoms with Gasteiger partial charge in [-0.3, -0.25) is 4.99 Å². The number of hydrogen-bond donors (Lipinski definition) is 0. The lowest BCUT2D eigenvalue weighted by atomic mass is 9.98. The van der Waals surface area contributed by atoms with Crippen LogP contribution in [0.2, 0.25) is 0 Å². The predicted molar refractivity (Wildman–Crippen MR) is 83.7 cm³/mol. The van der Waals surface area contributed by atoms with Crippen LogP contribution < -0.4 is 4.74 Å². The van der Waals surface area contributed by atoms with Crippen LogP contribution in [0.15, 0.2) is 53.2 Å². The molecule has 0 radical (unpaired) electrons. The number of allylic oxidation sites excluding steroid dienone is 2. The van der Waals surface area contributed by atoms with Gasteiger partial charge < -0.3 is 14.4 Å². The van der Waals surface area contributed by atoms with Crippen LogP contribution in [0.1, 0.15) is 18.5 Å². The van der Waals surface area contributed by atoms with E-state index in [9.17, 15) is 4.79 Å². The lowest BCUT2D eigenvalue weighted by Crippen LogP contribution is -2.33. The minimum absolute atomic E-state index is 0.201. The Labute approximate surface area is 129 Å². The third-order valence-corrected chi connectivity index (χ3v) is 3.87. The SMILES string of the molecule is COC(=O)[C@@H]1N=C2C=CC(C)=CN2[C@H]1c1ccc(OC)cc1. The minimum atomic E-state index is -0.569. The molecule has 2 atom stereocenters. The quantitative estimate of drug-likeness (QED) is 0.804. The van der Waals surface area contributed by atoms with Crippen molar-refractivity contribution in [3.05, 3.63) is 53.8 Å². The van der Waals surface area contributed by atoms with Gasteiger partial charge >= 0.3 is 5.97 Å². The zero-order valence-corrected chi connectivity index (χ0v) is 12.8. The van der Waals surface area contributed by atoms with E-state index in [1.165, 1.54) is 7.11 Å². The molecule has 22 heavy (non-hydrogen) atoms. The summed E-state index contributed by atoms with van der Waals surface area (Å²) in [6.07, 6.45) is 5.92. The fraction of sp³-hybridized carbons (Fsp3) is 0.294. The fourth-order valence-electron chi connectivity index (χ4n) is 2.76. The molecule has 0 spiro atoms. The number of carbonyl (C=O) groups is 1. The number of hydrogen-bond acceptors (Lipinski definition) is 5. The van der Waals surface area contributed by atoms with Gasteiger partial charge in [0.2, 0.25) is 0 Å². The Balaban J connectivity index is 2.01. The Kier molecular flexibility index (Phi) is 3.71. The number of methoxy groups -OCH3 is 2. The first kappa shape index (κ1) is 14.4. The molecular formula is C17H18N2O3. The van der Waals surface area contributed by atoms with Gasteiger partial charge in [0.25, 0.3) is 0 Å². The molecule has 0 unspecified atom stereocenters. The third-order valence-electron chi connectivity index (χ3n) is 3.87. The van der Waals surface area contributed by atoms with Crippen LogP contribution in [-0.2, 0) is 9.53 Å². The van der Waals surface area contributed by atoms with Gasteiger partial charge in [-0.2, -0.15) is 0 Å². The van der Waals surface area contributed by atoms with Crippen molar-refractivity contribution in [3.8, 4) is 5.75 Å². The molecule has 0 fully saturated rings. The molecule has 2 aliphatic heterocycles. The van der Waals surface area contributed by atoms with Crippen molar-refractivity contribution < 1.29 is 14.3 Å². The summed E-state index contributed by atoms with van der Waals surface area (Å²) in [6, 6.07) is 6.92. The monoisotopic (exact) mass is 298 g/mol. The fourth-order valence-corrected chi connectivity index (χ4v) is 2.76. The van der Waals surface area contributed by atoms with Crippen LogP contribution in [0.4, 0.5) is 0 Å². The van der Waals surface area contributed by atoms with Gasteiger partial charge in [0.15, 0.2) is 6.04 Å². The van der Waals surface area contributed by atoms with Crippen molar-refractivity contribution in [1.82, 2.24) is 4.90 Å². The summed E-state index contributed by atoms with van der Waals surface area (Å²) in [4.78, 5) is 18.7. The number of amidine groups is 1. The van der Waals surface area contributed by atoms with Gasteiger partial charge in [-0.1, -0.05) is 18.2 Å². The highest BCUT2D eigenvalue weighted by Crippen LogP contribution is 2.36. The molecule has 5 heteroatoms. The van der Waals surface area contributed by atoms with Gasteiger partial charge in [0.1, 0.15) is 11.6 Å². The lowest BCUT2D eigenvalue weighted by molar-refractivity contribution is -0.142. The van der Waals surface area contributed by atoms with E-state index in [0.29, 0.717) is 0 Å². The van der Waals surface area contributed by atoms with Gasteiger partial charge in [0, 0.05) is 6.20 Å². The van der Waals surface area contributed by atoms with Crippen molar-refractivity contribution in [1.29, 1.82) is 0 Å². The van der Waals surface area contributed by atoms with E-state index in [2.05, 4.69) is 4.99 Å². The number of benzene rings is 1. The summed E-state index contributed by atoms with van der Waals surface area (Å²) in [5, 5.41) is 0. The second kappa shape index (κ2) is 5.67. The highest BCUT2D eigenvalue weighted by atomic mass is 16.5. The first-order valence-corrected chi connectivity index (χ1v) is 7.08. The molecule has 3 rings (SSSR count). The number of nitrogens with zero attached hydrogens (tertiary/aromatic N) is 2. The first-order valence-electron chi connectivity index (χ1n) is 7.08. The molecule has 2 heterocycles. The average Bonchev–Trinajstić information content (AvgIpc) is 2.92. The van der Waals surface area contributed by atoms with Gasteiger partial charge in [-0.25, -0.2) is 4.79 Å². The zero-order chi connectivity index (χ0) is 15.7. The van der Waals surface area contributed by atoms with E-state index in [1.807, 2.05) is 54.4 Å². The van der Waals surface area contributed by atoms with Crippen LogP contribution in [0.25, 0.3) is 0 Å². The number of ether oxygens (including phenoxy) is 2. The summed E-state index contributed by atoms with van der Waals surface area (Å²) in [7, 11) is 3.02. The second-order valence-electron chi connectivity index (χ2n) is 5.29. The number of esters is 1. The zero-order valence-electron chi connectivity index (χ0n) is 12.8. The largest absolute Gasteiger partial charge is 0.497 e. The lowest BCUT2D eigenvalue weighted by Gasteiger charge is -2.28. The maximum atomic E-state index is 12.1.